The third kappa shape index (κ3) is 5.83. The zero-order valence-corrected chi connectivity index (χ0v) is 19.1. The molecule has 1 amide bonds. The second-order valence-corrected chi connectivity index (χ2v) is 8.27. The van der Waals surface area contributed by atoms with Crippen molar-refractivity contribution in [3.63, 3.8) is 0 Å². The molecule has 0 saturated carbocycles. The number of hydrogen-bond donors (Lipinski definition) is 2. The normalized spacial score (nSPS) is 10.7. The summed E-state index contributed by atoms with van der Waals surface area (Å²) in [6.45, 7) is 4.17. The van der Waals surface area contributed by atoms with Crippen molar-refractivity contribution in [2.24, 2.45) is 0 Å². The highest BCUT2D eigenvalue weighted by atomic mass is 35.5. The van der Waals surface area contributed by atoms with Crippen LogP contribution in [0.2, 0.25) is 5.02 Å². The minimum atomic E-state index is -0.172. The molecule has 3 aromatic rings. The van der Waals surface area contributed by atoms with Gasteiger partial charge in [-0.25, -0.2) is 4.68 Å². The second kappa shape index (κ2) is 10.4. The van der Waals surface area contributed by atoms with E-state index in [-0.39, 0.29) is 18.9 Å². The molecular formula is C21H24ClN5O3S. The molecule has 8 nitrogen and oxygen atoms in total. The van der Waals surface area contributed by atoms with Gasteiger partial charge in [-0.05, 0) is 43.2 Å². The summed E-state index contributed by atoms with van der Waals surface area (Å²) in [5.41, 5.74) is 2.61. The summed E-state index contributed by atoms with van der Waals surface area (Å²) in [6, 6.07) is 11.0. The van der Waals surface area contributed by atoms with Crippen LogP contribution >= 0.6 is 23.4 Å². The van der Waals surface area contributed by atoms with Crippen LogP contribution in [-0.4, -0.2) is 33.6 Å². The maximum absolute atomic E-state index is 12.3. The van der Waals surface area contributed by atoms with E-state index in [1.165, 1.54) is 23.5 Å². The lowest BCUT2D eigenvalue weighted by Gasteiger charge is -2.11. The number of ether oxygens (including phenoxy) is 2. The van der Waals surface area contributed by atoms with Gasteiger partial charge in [-0.1, -0.05) is 41.6 Å². The van der Waals surface area contributed by atoms with E-state index >= 15 is 0 Å². The number of amides is 1. The predicted molar refractivity (Wildman–Crippen MR) is 122 cm³/mol. The largest absolute Gasteiger partial charge is 0.495 e. The van der Waals surface area contributed by atoms with E-state index in [1.807, 2.05) is 32.0 Å². The first-order valence-electron chi connectivity index (χ1n) is 9.53. The Bertz CT molecular complexity index is 1050. The Labute approximate surface area is 190 Å². The lowest BCUT2D eigenvalue weighted by molar-refractivity contribution is -0.115. The number of carbonyl (C=O) groups excluding carboxylic acids is 1. The van der Waals surface area contributed by atoms with Crippen LogP contribution in [0.15, 0.2) is 41.6 Å². The summed E-state index contributed by atoms with van der Waals surface area (Å²) >= 11 is 7.33. The SMILES string of the molecule is COc1ccc(Cl)cc1NC(=O)CCSc1nnc(COc2c(C)cccc2C)n1N. The molecule has 0 atom stereocenters. The van der Waals surface area contributed by atoms with Gasteiger partial charge < -0.3 is 20.6 Å². The van der Waals surface area contributed by atoms with E-state index in [4.69, 9.17) is 26.9 Å². The number of nitrogens with zero attached hydrogens (tertiary/aromatic N) is 3. The van der Waals surface area contributed by atoms with Gasteiger partial charge in [0, 0.05) is 17.2 Å². The van der Waals surface area contributed by atoms with Gasteiger partial charge in [0.05, 0.1) is 12.8 Å². The third-order valence-electron chi connectivity index (χ3n) is 4.49. The molecule has 1 heterocycles. The van der Waals surface area contributed by atoms with Gasteiger partial charge in [-0.3, -0.25) is 4.79 Å². The molecule has 2 aromatic carbocycles. The van der Waals surface area contributed by atoms with Crippen molar-refractivity contribution in [1.29, 1.82) is 0 Å². The Morgan fingerprint density at radius 1 is 1.23 bits per heavy atom. The molecule has 1 aromatic heterocycles. The molecular weight excluding hydrogens is 438 g/mol. The highest BCUT2D eigenvalue weighted by molar-refractivity contribution is 7.99. The molecule has 3 rings (SSSR count). The molecule has 0 saturated heterocycles. The number of benzene rings is 2. The van der Waals surface area contributed by atoms with E-state index in [2.05, 4.69) is 15.5 Å². The molecule has 3 N–H and O–H groups in total. The number of nitrogens with two attached hydrogens (primary N) is 1. The van der Waals surface area contributed by atoms with E-state index in [0.29, 0.717) is 33.2 Å². The van der Waals surface area contributed by atoms with Crippen LogP contribution in [0.1, 0.15) is 23.4 Å². The van der Waals surface area contributed by atoms with Crippen molar-refractivity contribution in [2.75, 3.05) is 24.0 Å². The van der Waals surface area contributed by atoms with Gasteiger partial charge in [-0.2, -0.15) is 0 Å². The molecule has 0 bridgehead atoms. The number of halogens is 1. The second-order valence-electron chi connectivity index (χ2n) is 6.77. The molecule has 31 heavy (non-hydrogen) atoms. The number of anilines is 1. The van der Waals surface area contributed by atoms with Gasteiger partial charge in [0.2, 0.25) is 11.1 Å². The highest BCUT2D eigenvalue weighted by Gasteiger charge is 2.14. The molecule has 0 radical (unpaired) electrons. The van der Waals surface area contributed by atoms with Crippen LogP contribution in [0.4, 0.5) is 5.69 Å². The third-order valence-corrected chi connectivity index (χ3v) is 5.67. The monoisotopic (exact) mass is 461 g/mol. The van der Waals surface area contributed by atoms with Crippen LogP contribution in [0.5, 0.6) is 11.5 Å². The van der Waals surface area contributed by atoms with Crippen LogP contribution in [-0.2, 0) is 11.4 Å². The zero-order chi connectivity index (χ0) is 22.4. The van der Waals surface area contributed by atoms with Crippen molar-refractivity contribution in [3.05, 3.63) is 58.4 Å². The number of aryl methyl sites for hydroxylation is 2. The van der Waals surface area contributed by atoms with Crippen LogP contribution in [0, 0.1) is 13.8 Å². The topological polar surface area (TPSA) is 104 Å². The average molecular weight is 462 g/mol. The summed E-state index contributed by atoms with van der Waals surface area (Å²) in [7, 11) is 1.53. The minimum Gasteiger partial charge on any atom is -0.495 e. The highest BCUT2D eigenvalue weighted by Crippen LogP contribution is 2.28. The summed E-state index contributed by atoms with van der Waals surface area (Å²) in [5.74, 6) is 8.25. The van der Waals surface area contributed by atoms with Crippen LogP contribution in [0.3, 0.4) is 0 Å². The smallest absolute Gasteiger partial charge is 0.225 e. The lowest BCUT2D eigenvalue weighted by Crippen LogP contribution is -2.17. The number of carbonyl (C=O) groups is 1. The summed E-state index contributed by atoms with van der Waals surface area (Å²) in [5, 5.41) is 12.0. The maximum atomic E-state index is 12.3. The number of rotatable bonds is 9. The summed E-state index contributed by atoms with van der Waals surface area (Å²) in [4.78, 5) is 12.3. The van der Waals surface area contributed by atoms with Gasteiger partial charge in [0.15, 0.2) is 5.82 Å². The molecule has 0 aliphatic rings. The van der Waals surface area contributed by atoms with Gasteiger partial charge in [0.25, 0.3) is 0 Å². The zero-order valence-electron chi connectivity index (χ0n) is 17.5. The van der Waals surface area contributed by atoms with E-state index < -0.39 is 0 Å². The number of para-hydroxylation sites is 1. The van der Waals surface area contributed by atoms with E-state index in [9.17, 15) is 4.79 Å². The molecule has 0 aliphatic carbocycles. The minimum absolute atomic E-state index is 0.172. The molecule has 0 aliphatic heterocycles. The average Bonchev–Trinajstić information content (AvgIpc) is 3.07. The summed E-state index contributed by atoms with van der Waals surface area (Å²) in [6.07, 6.45) is 0.251. The number of nitrogens with one attached hydrogen (secondary N) is 1. The number of hydrogen-bond acceptors (Lipinski definition) is 7. The molecule has 0 unspecified atom stereocenters. The Morgan fingerprint density at radius 3 is 2.68 bits per heavy atom. The molecule has 0 fully saturated rings. The fourth-order valence-electron chi connectivity index (χ4n) is 2.89. The first-order valence-corrected chi connectivity index (χ1v) is 10.9. The van der Waals surface area contributed by atoms with E-state index in [1.54, 1.807) is 18.2 Å². The fraction of sp³-hybridized carbons (Fsp3) is 0.286. The Balaban J connectivity index is 1.52. The molecule has 0 spiro atoms. The molecule has 164 valence electrons. The predicted octanol–water partition coefficient (Wildman–Crippen LogP) is 3.97. The van der Waals surface area contributed by atoms with E-state index in [0.717, 1.165) is 16.9 Å². The van der Waals surface area contributed by atoms with Gasteiger partial charge >= 0.3 is 0 Å². The summed E-state index contributed by atoms with van der Waals surface area (Å²) < 4.78 is 12.5. The quantitative estimate of drug-likeness (QED) is 0.367. The lowest BCUT2D eigenvalue weighted by atomic mass is 10.1. The van der Waals surface area contributed by atoms with Crippen molar-refractivity contribution in [3.8, 4) is 11.5 Å². The van der Waals surface area contributed by atoms with Crippen molar-refractivity contribution in [2.45, 2.75) is 32.0 Å². The Hall–Kier alpha value is -2.91. The Kier molecular flexibility index (Phi) is 7.64. The standard InChI is InChI=1S/C21H24ClN5O3S/c1-13-5-4-6-14(2)20(13)30-12-18-25-26-21(27(18)23)31-10-9-19(28)24-16-11-15(22)7-8-17(16)29-3/h4-8,11H,9-10,12,23H2,1-3H3,(H,24,28). The maximum Gasteiger partial charge on any atom is 0.225 e. The molecule has 10 heteroatoms. The Morgan fingerprint density at radius 2 is 1.97 bits per heavy atom. The van der Waals surface area contributed by atoms with Crippen molar-refractivity contribution >= 4 is 35.0 Å². The number of methoxy groups -OCH3 is 1. The number of nitrogen functional groups attached to an aromatic ring is 1. The van der Waals surface area contributed by atoms with Gasteiger partial charge in [-0.15, -0.1) is 10.2 Å². The first kappa shape index (κ1) is 22.8. The van der Waals surface area contributed by atoms with Crippen LogP contribution < -0.4 is 20.6 Å². The first-order chi connectivity index (χ1) is 14.9. The van der Waals surface area contributed by atoms with Crippen molar-refractivity contribution in [1.82, 2.24) is 14.9 Å². The van der Waals surface area contributed by atoms with Gasteiger partial charge in [0.1, 0.15) is 18.1 Å². The van der Waals surface area contributed by atoms with Crippen LogP contribution in [0.25, 0.3) is 0 Å². The number of thioether (sulfide) groups is 1. The van der Waals surface area contributed by atoms with Crippen molar-refractivity contribution < 1.29 is 14.3 Å². The fourth-order valence-corrected chi connectivity index (χ4v) is 3.88. The number of aromatic nitrogens is 3.